The Bertz CT molecular complexity index is 280. The Morgan fingerprint density at radius 3 is 1.91 bits per heavy atom. The van der Waals surface area contributed by atoms with Gasteiger partial charge in [0, 0.05) is 0 Å². The Balaban J connectivity index is 0. The zero-order valence-electron chi connectivity index (χ0n) is 15.7. The lowest BCUT2D eigenvalue weighted by Crippen LogP contribution is -3.00. The maximum absolute atomic E-state index is 11.6. The molecule has 4 nitrogen and oxygen atoms in total. The Hall–Kier alpha value is -0.320. The highest BCUT2D eigenvalue weighted by Crippen LogP contribution is 2.09. The summed E-state index contributed by atoms with van der Waals surface area (Å²) < 4.78 is 5.83. The molecule has 0 heterocycles. The summed E-state index contributed by atoms with van der Waals surface area (Å²) in [4.78, 5) is 11.6. The summed E-state index contributed by atoms with van der Waals surface area (Å²) in [5, 5.41) is 9.80. The Morgan fingerprint density at radius 1 is 0.957 bits per heavy atom. The monoisotopic (exact) mass is 351 g/mol. The zero-order chi connectivity index (χ0) is 16.8. The van der Waals surface area contributed by atoms with Gasteiger partial charge in [-0.3, -0.25) is 4.79 Å². The number of hydrogen-bond acceptors (Lipinski definition) is 3. The molecule has 1 atom stereocenters. The van der Waals surface area contributed by atoms with Gasteiger partial charge in [0.2, 0.25) is 0 Å². The van der Waals surface area contributed by atoms with Crippen LogP contribution in [0.15, 0.2) is 0 Å². The van der Waals surface area contributed by atoms with Crippen LogP contribution in [0.5, 0.6) is 0 Å². The number of aliphatic hydroxyl groups excluding tert-OH is 1. The molecule has 0 aromatic rings. The minimum absolute atomic E-state index is 0. The number of rotatable bonds is 14. The number of unbranched alkanes of at least 4 members (excludes halogenated alkanes) is 8. The number of nitrogens with zero attached hydrogens (tertiary/aromatic N) is 1. The van der Waals surface area contributed by atoms with Crippen LogP contribution in [0.3, 0.4) is 0 Å². The van der Waals surface area contributed by atoms with Crippen molar-refractivity contribution in [2.75, 3.05) is 34.3 Å². The van der Waals surface area contributed by atoms with Crippen LogP contribution in [0.25, 0.3) is 0 Å². The van der Waals surface area contributed by atoms with Crippen LogP contribution in [0.1, 0.15) is 71.1 Å². The fourth-order valence-electron chi connectivity index (χ4n) is 2.55. The van der Waals surface area contributed by atoms with Gasteiger partial charge in [-0.05, 0) is 6.42 Å². The molecule has 0 spiro atoms. The summed E-state index contributed by atoms with van der Waals surface area (Å²) in [6, 6.07) is 0. The quantitative estimate of drug-likeness (QED) is 0.282. The van der Waals surface area contributed by atoms with E-state index in [4.69, 9.17) is 4.74 Å². The van der Waals surface area contributed by atoms with Crippen molar-refractivity contribution in [3.05, 3.63) is 0 Å². The standard InChI is InChI=1S/C18H38NO3.ClH/c1-5-6-7-8-9-10-11-12-13-14-22-18(21)15-17(20)16-19(2,3)4;/h17,20H,5-16H2,1-4H3;1H/q+1;/p-1/t17-;/m1./s1. The van der Waals surface area contributed by atoms with Gasteiger partial charge in [0.1, 0.15) is 12.6 Å². The highest BCUT2D eigenvalue weighted by Gasteiger charge is 2.19. The average molecular weight is 352 g/mol. The highest BCUT2D eigenvalue weighted by atomic mass is 35.5. The number of aliphatic hydroxyl groups is 1. The molecule has 0 aliphatic rings. The van der Waals surface area contributed by atoms with E-state index < -0.39 is 6.10 Å². The van der Waals surface area contributed by atoms with E-state index in [0.717, 1.165) is 12.8 Å². The van der Waals surface area contributed by atoms with Crippen molar-refractivity contribution in [1.82, 2.24) is 0 Å². The molecule has 140 valence electrons. The normalized spacial score (nSPS) is 12.6. The van der Waals surface area contributed by atoms with Crippen LogP contribution in [-0.4, -0.2) is 56.0 Å². The number of carbonyl (C=O) groups is 1. The Kier molecular flexibility index (Phi) is 16.5. The van der Waals surface area contributed by atoms with Crippen molar-refractivity contribution in [2.45, 2.75) is 77.2 Å². The first-order valence-electron chi connectivity index (χ1n) is 8.99. The van der Waals surface area contributed by atoms with E-state index in [1.807, 2.05) is 21.1 Å². The molecule has 1 N–H and O–H groups in total. The zero-order valence-corrected chi connectivity index (χ0v) is 16.4. The summed E-state index contributed by atoms with van der Waals surface area (Å²) in [5.74, 6) is -0.277. The number of carbonyl (C=O) groups excluding carboxylic acids is 1. The Labute approximate surface area is 149 Å². The molecule has 0 aromatic heterocycles. The van der Waals surface area contributed by atoms with E-state index in [1.54, 1.807) is 0 Å². The van der Waals surface area contributed by atoms with Crippen molar-refractivity contribution in [2.24, 2.45) is 0 Å². The molecular formula is C18H38ClNO3. The Morgan fingerprint density at radius 2 is 1.43 bits per heavy atom. The summed E-state index contributed by atoms with van der Waals surface area (Å²) in [5.41, 5.74) is 0. The van der Waals surface area contributed by atoms with E-state index >= 15 is 0 Å². The number of quaternary nitrogens is 1. The highest BCUT2D eigenvalue weighted by molar-refractivity contribution is 5.69. The average Bonchev–Trinajstić information content (AvgIpc) is 2.38. The van der Waals surface area contributed by atoms with Crippen LogP contribution in [0.2, 0.25) is 0 Å². The van der Waals surface area contributed by atoms with Crippen molar-refractivity contribution in [3.8, 4) is 0 Å². The molecule has 0 saturated heterocycles. The van der Waals surface area contributed by atoms with Crippen LogP contribution < -0.4 is 12.4 Å². The molecule has 0 saturated carbocycles. The number of esters is 1. The third-order valence-electron chi connectivity index (χ3n) is 3.67. The lowest BCUT2D eigenvalue weighted by atomic mass is 10.1. The number of ether oxygens (including phenoxy) is 1. The smallest absolute Gasteiger partial charge is 0.308 e. The largest absolute Gasteiger partial charge is 1.00 e. The van der Waals surface area contributed by atoms with E-state index in [9.17, 15) is 9.90 Å². The molecular weight excluding hydrogens is 314 g/mol. The van der Waals surface area contributed by atoms with E-state index in [1.165, 1.54) is 44.9 Å². The van der Waals surface area contributed by atoms with Gasteiger partial charge in [-0.25, -0.2) is 0 Å². The molecule has 0 radical (unpaired) electrons. The molecule has 0 amide bonds. The van der Waals surface area contributed by atoms with Crippen molar-refractivity contribution >= 4 is 5.97 Å². The predicted octanol–water partition coefficient (Wildman–Crippen LogP) is 0.522. The van der Waals surface area contributed by atoms with Crippen molar-refractivity contribution in [1.29, 1.82) is 0 Å². The van der Waals surface area contributed by atoms with Crippen LogP contribution >= 0.6 is 0 Å². The second-order valence-corrected chi connectivity index (χ2v) is 7.38. The van der Waals surface area contributed by atoms with Gasteiger partial charge in [0.25, 0.3) is 0 Å². The van der Waals surface area contributed by atoms with E-state index in [0.29, 0.717) is 17.6 Å². The van der Waals surface area contributed by atoms with Crippen LogP contribution in [0.4, 0.5) is 0 Å². The molecule has 0 bridgehead atoms. The molecule has 0 fully saturated rings. The number of likely N-dealkylation sites (N-methyl/N-ethyl adjacent to an activating group) is 1. The SMILES string of the molecule is CCCCCCCCCCCOC(=O)C[C@@H](O)C[N+](C)(C)C.[Cl-]. The first kappa shape index (κ1) is 24.9. The van der Waals surface area contributed by atoms with Gasteiger partial charge in [0.15, 0.2) is 0 Å². The minimum atomic E-state index is -0.615. The lowest BCUT2D eigenvalue weighted by Gasteiger charge is -2.26. The van der Waals surface area contributed by atoms with E-state index in [-0.39, 0.29) is 24.8 Å². The van der Waals surface area contributed by atoms with Gasteiger partial charge < -0.3 is 26.7 Å². The number of halogens is 1. The molecule has 23 heavy (non-hydrogen) atoms. The molecule has 0 aliphatic heterocycles. The summed E-state index contributed by atoms with van der Waals surface area (Å²) >= 11 is 0. The third kappa shape index (κ3) is 19.6. The first-order chi connectivity index (χ1) is 10.3. The molecule has 0 aliphatic carbocycles. The second-order valence-electron chi connectivity index (χ2n) is 7.38. The first-order valence-corrected chi connectivity index (χ1v) is 8.99. The minimum Gasteiger partial charge on any atom is -1.00 e. The molecule has 0 aromatic carbocycles. The van der Waals surface area contributed by atoms with Crippen molar-refractivity contribution in [3.63, 3.8) is 0 Å². The predicted molar refractivity (Wildman–Crippen MR) is 91.7 cm³/mol. The number of hydrogen-bond donors (Lipinski definition) is 1. The fraction of sp³-hybridized carbons (Fsp3) is 0.944. The molecule has 0 rings (SSSR count). The summed E-state index contributed by atoms with van der Waals surface area (Å²) in [6.45, 7) is 3.29. The van der Waals surface area contributed by atoms with Gasteiger partial charge in [0.05, 0.1) is 34.2 Å². The molecule has 5 heteroatoms. The maximum Gasteiger partial charge on any atom is 0.308 e. The summed E-state index contributed by atoms with van der Waals surface area (Å²) in [7, 11) is 5.99. The fourth-order valence-corrected chi connectivity index (χ4v) is 2.55. The maximum atomic E-state index is 11.6. The van der Waals surface area contributed by atoms with Crippen LogP contribution in [-0.2, 0) is 9.53 Å². The van der Waals surface area contributed by atoms with Gasteiger partial charge in [-0.1, -0.05) is 58.3 Å². The lowest BCUT2D eigenvalue weighted by molar-refractivity contribution is -0.873. The topological polar surface area (TPSA) is 46.5 Å². The van der Waals surface area contributed by atoms with E-state index in [2.05, 4.69) is 6.92 Å². The second kappa shape index (κ2) is 15.2. The van der Waals surface area contributed by atoms with Gasteiger partial charge in [-0.2, -0.15) is 0 Å². The van der Waals surface area contributed by atoms with Gasteiger partial charge >= 0.3 is 5.97 Å². The van der Waals surface area contributed by atoms with Crippen molar-refractivity contribution < 1.29 is 31.5 Å². The summed E-state index contributed by atoms with van der Waals surface area (Å²) in [6.07, 6.45) is 10.8. The third-order valence-corrected chi connectivity index (χ3v) is 3.67. The van der Waals surface area contributed by atoms with Crippen LogP contribution in [0, 0.1) is 0 Å². The molecule has 0 unspecified atom stereocenters. The van der Waals surface area contributed by atoms with Gasteiger partial charge in [-0.15, -0.1) is 0 Å².